The van der Waals surface area contributed by atoms with Crippen molar-refractivity contribution in [1.29, 1.82) is 0 Å². The zero-order valence-electron chi connectivity index (χ0n) is 12.3. The SMILES string of the molecule is Cc1cc(C(N)=S)cc(N(C)CC2CC3CCC2C3)n1. The molecule has 2 aliphatic rings. The Morgan fingerprint density at radius 3 is 2.80 bits per heavy atom. The van der Waals surface area contributed by atoms with Crippen LogP contribution in [0.4, 0.5) is 5.82 Å². The molecule has 0 saturated heterocycles. The van der Waals surface area contributed by atoms with E-state index in [-0.39, 0.29) is 0 Å². The van der Waals surface area contributed by atoms with Crippen LogP contribution in [0.25, 0.3) is 0 Å². The zero-order valence-corrected chi connectivity index (χ0v) is 13.1. The van der Waals surface area contributed by atoms with Gasteiger partial charge >= 0.3 is 0 Å². The van der Waals surface area contributed by atoms with Crippen molar-refractivity contribution in [3.05, 3.63) is 23.4 Å². The summed E-state index contributed by atoms with van der Waals surface area (Å²) >= 11 is 5.09. The summed E-state index contributed by atoms with van der Waals surface area (Å²) in [4.78, 5) is 7.36. The van der Waals surface area contributed by atoms with Gasteiger partial charge < -0.3 is 10.6 Å². The lowest BCUT2D eigenvalue weighted by Crippen LogP contribution is -2.29. The summed E-state index contributed by atoms with van der Waals surface area (Å²) in [7, 11) is 2.14. The maximum Gasteiger partial charge on any atom is 0.129 e. The van der Waals surface area contributed by atoms with Crippen LogP contribution in [-0.2, 0) is 0 Å². The van der Waals surface area contributed by atoms with Crippen molar-refractivity contribution >= 4 is 23.0 Å². The Kier molecular flexibility index (Phi) is 3.67. The summed E-state index contributed by atoms with van der Waals surface area (Å²) in [5.41, 5.74) is 7.65. The van der Waals surface area contributed by atoms with Gasteiger partial charge in [-0.3, -0.25) is 0 Å². The first-order valence-electron chi connectivity index (χ1n) is 7.52. The molecule has 0 amide bonds. The van der Waals surface area contributed by atoms with Gasteiger partial charge in [0.1, 0.15) is 10.8 Å². The fourth-order valence-corrected chi connectivity index (χ4v) is 4.15. The Balaban J connectivity index is 1.73. The van der Waals surface area contributed by atoms with E-state index in [0.717, 1.165) is 41.4 Å². The van der Waals surface area contributed by atoms with Crippen molar-refractivity contribution in [2.45, 2.75) is 32.6 Å². The van der Waals surface area contributed by atoms with E-state index in [1.807, 2.05) is 19.1 Å². The van der Waals surface area contributed by atoms with Crippen LogP contribution in [0.1, 0.15) is 36.9 Å². The minimum atomic E-state index is 0.449. The molecule has 1 aromatic heterocycles. The highest BCUT2D eigenvalue weighted by Crippen LogP contribution is 2.48. The third-order valence-electron chi connectivity index (χ3n) is 5.01. The van der Waals surface area contributed by atoms with Crippen LogP contribution >= 0.6 is 12.2 Å². The lowest BCUT2D eigenvalue weighted by Gasteiger charge is -2.28. The van der Waals surface area contributed by atoms with Crippen LogP contribution in [-0.4, -0.2) is 23.6 Å². The molecule has 2 bridgehead atoms. The minimum absolute atomic E-state index is 0.449. The molecule has 0 spiro atoms. The van der Waals surface area contributed by atoms with E-state index in [4.69, 9.17) is 18.0 Å². The number of nitrogens with zero attached hydrogens (tertiary/aromatic N) is 2. The Morgan fingerprint density at radius 1 is 1.40 bits per heavy atom. The van der Waals surface area contributed by atoms with Gasteiger partial charge in [0.25, 0.3) is 0 Å². The van der Waals surface area contributed by atoms with Crippen LogP contribution in [0.15, 0.2) is 12.1 Å². The van der Waals surface area contributed by atoms with E-state index in [0.29, 0.717) is 4.99 Å². The van der Waals surface area contributed by atoms with Crippen molar-refractivity contribution in [2.75, 3.05) is 18.5 Å². The second-order valence-corrected chi connectivity index (χ2v) is 6.97. The van der Waals surface area contributed by atoms with E-state index in [1.165, 1.54) is 25.7 Å². The average molecular weight is 289 g/mol. The highest BCUT2D eigenvalue weighted by molar-refractivity contribution is 7.80. The van der Waals surface area contributed by atoms with Gasteiger partial charge in [-0.05, 0) is 56.1 Å². The molecular weight excluding hydrogens is 266 g/mol. The molecule has 0 aromatic carbocycles. The maximum atomic E-state index is 5.75. The molecule has 3 atom stereocenters. The fraction of sp³-hybridized carbons (Fsp3) is 0.625. The molecular formula is C16H23N3S. The molecule has 3 unspecified atom stereocenters. The van der Waals surface area contributed by atoms with Crippen LogP contribution in [0.2, 0.25) is 0 Å². The van der Waals surface area contributed by atoms with E-state index >= 15 is 0 Å². The van der Waals surface area contributed by atoms with Crippen molar-refractivity contribution < 1.29 is 0 Å². The summed E-state index contributed by atoms with van der Waals surface area (Å²) < 4.78 is 0. The van der Waals surface area contributed by atoms with E-state index in [9.17, 15) is 0 Å². The summed E-state index contributed by atoms with van der Waals surface area (Å²) in [6.45, 7) is 3.10. The van der Waals surface area contributed by atoms with Gasteiger partial charge in [-0.1, -0.05) is 18.6 Å². The Hall–Kier alpha value is -1.16. The highest BCUT2D eigenvalue weighted by Gasteiger charge is 2.39. The normalized spacial score (nSPS) is 27.8. The van der Waals surface area contributed by atoms with Crippen LogP contribution in [0.3, 0.4) is 0 Å². The molecule has 2 aliphatic carbocycles. The van der Waals surface area contributed by atoms with E-state index in [1.54, 1.807) is 0 Å². The third-order valence-corrected chi connectivity index (χ3v) is 5.24. The number of anilines is 1. The summed E-state index contributed by atoms with van der Waals surface area (Å²) in [6, 6.07) is 3.97. The van der Waals surface area contributed by atoms with Gasteiger partial charge in [0.2, 0.25) is 0 Å². The van der Waals surface area contributed by atoms with Crippen molar-refractivity contribution in [3.63, 3.8) is 0 Å². The predicted molar refractivity (Wildman–Crippen MR) is 87.1 cm³/mol. The molecule has 3 rings (SSSR count). The lowest BCUT2D eigenvalue weighted by molar-refractivity contribution is 0.337. The lowest BCUT2D eigenvalue weighted by atomic mass is 9.88. The van der Waals surface area contributed by atoms with Gasteiger partial charge in [0.05, 0.1) is 0 Å². The number of rotatable bonds is 4. The fourth-order valence-electron chi connectivity index (χ4n) is 4.03. The summed E-state index contributed by atoms with van der Waals surface area (Å²) in [6.07, 6.45) is 5.75. The molecule has 2 N–H and O–H groups in total. The third kappa shape index (κ3) is 2.66. The van der Waals surface area contributed by atoms with E-state index < -0.39 is 0 Å². The first-order valence-corrected chi connectivity index (χ1v) is 7.93. The molecule has 3 nitrogen and oxygen atoms in total. The van der Waals surface area contributed by atoms with Gasteiger partial charge in [0, 0.05) is 24.8 Å². The predicted octanol–water partition coefficient (Wildman–Crippen LogP) is 2.90. The Labute approximate surface area is 126 Å². The minimum Gasteiger partial charge on any atom is -0.389 e. The van der Waals surface area contributed by atoms with Crippen molar-refractivity contribution in [1.82, 2.24) is 4.98 Å². The van der Waals surface area contributed by atoms with Crippen molar-refractivity contribution in [3.8, 4) is 0 Å². The Morgan fingerprint density at radius 2 is 2.20 bits per heavy atom. The second kappa shape index (κ2) is 5.32. The summed E-state index contributed by atoms with van der Waals surface area (Å²) in [5.74, 6) is 3.78. The Bertz CT molecular complexity index is 528. The van der Waals surface area contributed by atoms with Gasteiger partial charge in [0.15, 0.2) is 0 Å². The molecule has 2 saturated carbocycles. The smallest absolute Gasteiger partial charge is 0.129 e. The quantitative estimate of drug-likeness (QED) is 0.866. The number of pyridine rings is 1. The molecule has 2 fully saturated rings. The van der Waals surface area contributed by atoms with E-state index in [2.05, 4.69) is 16.9 Å². The molecule has 20 heavy (non-hydrogen) atoms. The molecule has 108 valence electrons. The molecule has 4 heteroatoms. The number of hydrogen-bond acceptors (Lipinski definition) is 3. The van der Waals surface area contributed by atoms with Crippen LogP contribution in [0, 0.1) is 24.7 Å². The number of aryl methyl sites for hydroxylation is 1. The number of nitrogens with two attached hydrogens (primary N) is 1. The summed E-state index contributed by atoms with van der Waals surface area (Å²) in [5, 5.41) is 0. The van der Waals surface area contributed by atoms with Gasteiger partial charge in [-0.2, -0.15) is 0 Å². The van der Waals surface area contributed by atoms with Crippen LogP contribution in [0.5, 0.6) is 0 Å². The van der Waals surface area contributed by atoms with Crippen LogP contribution < -0.4 is 10.6 Å². The molecule has 0 aliphatic heterocycles. The largest absolute Gasteiger partial charge is 0.389 e. The average Bonchev–Trinajstić information content (AvgIpc) is 3.00. The maximum absolute atomic E-state index is 5.75. The number of fused-ring (bicyclic) bond motifs is 2. The first-order chi connectivity index (χ1) is 9.52. The molecule has 1 heterocycles. The molecule has 0 radical (unpaired) electrons. The number of hydrogen-bond donors (Lipinski definition) is 1. The number of aromatic nitrogens is 1. The van der Waals surface area contributed by atoms with Crippen molar-refractivity contribution in [2.24, 2.45) is 23.5 Å². The first kappa shape index (κ1) is 13.8. The second-order valence-electron chi connectivity index (χ2n) is 6.54. The standard InChI is InChI=1S/C16H23N3S/c1-10-5-13(16(17)20)8-15(18-10)19(2)9-14-7-11-3-4-12(14)6-11/h5,8,11-12,14H,3-4,6-7,9H2,1-2H3,(H2,17,20). The zero-order chi connectivity index (χ0) is 14.3. The van der Waals surface area contributed by atoms with Gasteiger partial charge in [-0.15, -0.1) is 0 Å². The highest BCUT2D eigenvalue weighted by atomic mass is 32.1. The number of thiocarbonyl (C=S) groups is 1. The topological polar surface area (TPSA) is 42.1 Å². The molecule has 1 aromatic rings. The van der Waals surface area contributed by atoms with Gasteiger partial charge in [-0.25, -0.2) is 4.98 Å². The monoisotopic (exact) mass is 289 g/mol.